The molecule has 0 unspecified atom stereocenters. The highest BCUT2D eigenvalue weighted by molar-refractivity contribution is 14.2. The monoisotopic (exact) mass is 372 g/mol. The fourth-order valence-corrected chi connectivity index (χ4v) is 1.54. The quantitative estimate of drug-likeness (QED) is 0.442. The van der Waals surface area contributed by atoms with Gasteiger partial charge in [-0.3, -0.25) is 4.79 Å². The molecule has 0 aliphatic rings. The molecule has 1 rings (SSSR count). The van der Waals surface area contributed by atoms with Gasteiger partial charge in [0.25, 0.3) is 0 Å². The molecule has 0 atom stereocenters. The van der Waals surface area contributed by atoms with Gasteiger partial charge in [0.15, 0.2) is 0 Å². The van der Waals surface area contributed by atoms with Gasteiger partial charge in [-0.1, -0.05) is 63.4 Å². The molecule has 0 bridgehead atoms. The van der Waals surface area contributed by atoms with E-state index in [9.17, 15) is 4.79 Å². The first-order valence-electron chi connectivity index (χ1n) is 3.07. The summed E-state index contributed by atoms with van der Waals surface area (Å²) in [4.78, 5) is 10.4. The first-order chi connectivity index (χ1) is 5.24. The summed E-state index contributed by atoms with van der Waals surface area (Å²) >= 11 is 4.62. The lowest BCUT2D eigenvalue weighted by Crippen LogP contribution is -1.83. The van der Waals surface area contributed by atoms with E-state index >= 15 is 0 Å². The van der Waals surface area contributed by atoms with Crippen LogP contribution in [0.15, 0.2) is 24.3 Å². The van der Waals surface area contributed by atoms with Gasteiger partial charge in [-0.05, 0) is 11.6 Å². The molecular formula is C8H6I2O. The van der Waals surface area contributed by atoms with Crippen LogP contribution in [0.1, 0.15) is 17.9 Å². The Kier molecular flexibility index (Phi) is 3.77. The predicted molar refractivity (Wildman–Crippen MR) is 62.6 cm³/mol. The van der Waals surface area contributed by atoms with Gasteiger partial charge in [0.1, 0.15) is 6.29 Å². The smallest absolute Gasteiger partial charge is 0.150 e. The van der Waals surface area contributed by atoms with Crippen LogP contribution in [0.2, 0.25) is 0 Å². The van der Waals surface area contributed by atoms with Crippen LogP contribution in [0, 0.1) is 0 Å². The first kappa shape index (κ1) is 9.44. The lowest BCUT2D eigenvalue weighted by Gasteiger charge is -2.00. The van der Waals surface area contributed by atoms with E-state index in [0.717, 1.165) is 11.8 Å². The van der Waals surface area contributed by atoms with Crippen molar-refractivity contribution in [1.29, 1.82) is 0 Å². The second-order valence-electron chi connectivity index (χ2n) is 2.09. The summed E-state index contributed by atoms with van der Waals surface area (Å²) in [6.07, 6.45) is 0.874. The van der Waals surface area contributed by atoms with Crippen molar-refractivity contribution in [3.8, 4) is 0 Å². The summed E-state index contributed by atoms with van der Waals surface area (Å²) in [6, 6.07) is 7.66. The maximum Gasteiger partial charge on any atom is 0.150 e. The summed E-state index contributed by atoms with van der Waals surface area (Å²) in [5, 5.41) is 0. The molecule has 0 N–H and O–H groups in total. The van der Waals surface area contributed by atoms with Gasteiger partial charge in [0.05, 0.1) is 1.93 Å². The molecule has 1 aromatic rings. The van der Waals surface area contributed by atoms with Crippen molar-refractivity contribution in [1.82, 2.24) is 0 Å². The third kappa shape index (κ3) is 2.70. The van der Waals surface area contributed by atoms with Crippen LogP contribution >= 0.6 is 45.2 Å². The fraction of sp³-hybridized carbons (Fsp3) is 0.125. The highest BCUT2D eigenvalue weighted by atomic mass is 127. The van der Waals surface area contributed by atoms with Gasteiger partial charge >= 0.3 is 0 Å². The summed E-state index contributed by atoms with van der Waals surface area (Å²) in [7, 11) is 0. The Morgan fingerprint density at radius 3 is 2.64 bits per heavy atom. The number of carbonyl (C=O) groups excluding carboxylic acids is 1. The van der Waals surface area contributed by atoms with Crippen molar-refractivity contribution in [2.24, 2.45) is 0 Å². The Morgan fingerprint density at radius 1 is 1.36 bits per heavy atom. The van der Waals surface area contributed by atoms with Gasteiger partial charge in [0.2, 0.25) is 0 Å². The van der Waals surface area contributed by atoms with Crippen LogP contribution in [-0.2, 0) is 0 Å². The van der Waals surface area contributed by atoms with Crippen molar-refractivity contribution >= 4 is 51.5 Å². The van der Waals surface area contributed by atoms with Crippen LogP contribution < -0.4 is 0 Å². The van der Waals surface area contributed by atoms with Gasteiger partial charge in [-0.2, -0.15) is 0 Å². The molecule has 3 heteroatoms. The Hall–Kier alpha value is 0.350. The minimum absolute atomic E-state index is 0.435. The Labute approximate surface area is 92.8 Å². The zero-order chi connectivity index (χ0) is 8.27. The molecule has 0 aliphatic heterocycles. The first-order valence-corrected chi connectivity index (χ1v) is 5.56. The summed E-state index contributed by atoms with van der Waals surface area (Å²) in [5.41, 5.74) is 1.94. The Bertz CT molecular complexity index is 258. The third-order valence-corrected chi connectivity index (χ3v) is 2.74. The minimum atomic E-state index is 0.435. The van der Waals surface area contributed by atoms with Crippen LogP contribution in [0.3, 0.4) is 0 Å². The number of alkyl halides is 2. The largest absolute Gasteiger partial charge is 0.298 e. The van der Waals surface area contributed by atoms with Crippen LogP contribution in [0.4, 0.5) is 0 Å². The van der Waals surface area contributed by atoms with Crippen molar-refractivity contribution in [3.05, 3.63) is 35.4 Å². The molecule has 0 radical (unpaired) electrons. The molecule has 1 nitrogen and oxygen atoms in total. The molecule has 0 aliphatic carbocycles. The predicted octanol–water partition coefficient (Wildman–Crippen LogP) is 3.37. The topological polar surface area (TPSA) is 17.1 Å². The van der Waals surface area contributed by atoms with Crippen molar-refractivity contribution in [3.63, 3.8) is 0 Å². The van der Waals surface area contributed by atoms with Crippen molar-refractivity contribution in [2.75, 3.05) is 0 Å². The van der Waals surface area contributed by atoms with Crippen LogP contribution in [-0.4, -0.2) is 6.29 Å². The normalized spacial score (nSPS) is 10.1. The molecule has 0 spiro atoms. The number of aldehydes is 1. The lowest BCUT2D eigenvalue weighted by molar-refractivity contribution is 0.112. The molecule has 0 saturated heterocycles. The Balaban J connectivity index is 3.00. The van der Waals surface area contributed by atoms with E-state index in [-0.39, 0.29) is 0 Å². The van der Waals surface area contributed by atoms with E-state index in [1.807, 2.05) is 24.3 Å². The van der Waals surface area contributed by atoms with Gasteiger partial charge in [0, 0.05) is 5.56 Å². The standard InChI is InChI=1S/C8H6I2O/c9-8(10)7-3-1-2-6(4-7)5-11/h1-5,8H. The molecule has 0 fully saturated rings. The van der Waals surface area contributed by atoms with Crippen molar-refractivity contribution < 1.29 is 4.79 Å². The summed E-state index contributed by atoms with van der Waals surface area (Å²) in [5.74, 6) is 0. The van der Waals surface area contributed by atoms with Gasteiger partial charge in [-0.25, -0.2) is 0 Å². The molecule has 0 aromatic heterocycles. The number of hydrogen-bond acceptors (Lipinski definition) is 1. The zero-order valence-corrected chi connectivity index (χ0v) is 9.94. The SMILES string of the molecule is O=Cc1cccc(C(I)I)c1. The summed E-state index contributed by atoms with van der Waals surface area (Å²) in [6.45, 7) is 0. The second-order valence-corrected chi connectivity index (χ2v) is 6.96. The minimum Gasteiger partial charge on any atom is -0.298 e. The number of hydrogen-bond donors (Lipinski definition) is 0. The van der Waals surface area contributed by atoms with Gasteiger partial charge < -0.3 is 0 Å². The fourth-order valence-electron chi connectivity index (χ4n) is 0.768. The van der Waals surface area contributed by atoms with E-state index < -0.39 is 0 Å². The van der Waals surface area contributed by atoms with E-state index in [1.165, 1.54) is 5.56 Å². The van der Waals surface area contributed by atoms with E-state index in [0.29, 0.717) is 1.93 Å². The molecule has 0 heterocycles. The lowest BCUT2D eigenvalue weighted by atomic mass is 10.2. The number of benzene rings is 1. The summed E-state index contributed by atoms with van der Waals surface area (Å²) < 4.78 is 0.435. The number of halogens is 2. The number of carbonyl (C=O) groups is 1. The molecule has 11 heavy (non-hydrogen) atoms. The maximum absolute atomic E-state index is 10.4. The Morgan fingerprint density at radius 2 is 2.09 bits per heavy atom. The maximum atomic E-state index is 10.4. The third-order valence-electron chi connectivity index (χ3n) is 1.30. The van der Waals surface area contributed by atoms with Crippen LogP contribution in [0.25, 0.3) is 0 Å². The molecule has 0 saturated carbocycles. The van der Waals surface area contributed by atoms with Crippen molar-refractivity contribution in [2.45, 2.75) is 1.93 Å². The van der Waals surface area contributed by atoms with Crippen LogP contribution in [0.5, 0.6) is 0 Å². The molecule has 0 amide bonds. The highest BCUT2D eigenvalue weighted by Gasteiger charge is 2.01. The number of rotatable bonds is 2. The average molecular weight is 372 g/mol. The van der Waals surface area contributed by atoms with E-state index in [4.69, 9.17) is 0 Å². The molecular weight excluding hydrogens is 366 g/mol. The van der Waals surface area contributed by atoms with Gasteiger partial charge in [-0.15, -0.1) is 0 Å². The highest BCUT2D eigenvalue weighted by Crippen LogP contribution is 2.30. The second kappa shape index (κ2) is 4.39. The zero-order valence-electron chi connectivity index (χ0n) is 5.63. The van der Waals surface area contributed by atoms with E-state index in [2.05, 4.69) is 45.2 Å². The average Bonchev–Trinajstić information content (AvgIpc) is 2.05. The molecule has 58 valence electrons. The van der Waals surface area contributed by atoms with E-state index in [1.54, 1.807) is 0 Å². The molecule has 1 aromatic carbocycles.